The fraction of sp³-hybridized carbons (Fsp3) is 0.778. The molecule has 0 aromatic rings. The zero-order valence-electron chi connectivity index (χ0n) is 7.01. The van der Waals surface area contributed by atoms with E-state index in [0.29, 0.717) is 12.5 Å². The van der Waals surface area contributed by atoms with Crippen molar-refractivity contribution < 1.29 is 9.53 Å². The Kier molecular flexibility index (Phi) is 3.40. The molecule has 63 valence electrons. The monoisotopic (exact) mass is 155 g/mol. The highest BCUT2D eigenvalue weighted by Gasteiger charge is 2.23. The zero-order valence-corrected chi connectivity index (χ0v) is 7.01. The minimum Gasteiger partial charge on any atom is -0.465 e. The molecule has 1 heterocycles. The first-order valence-corrected chi connectivity index (χ1v) is 4.34. The summed E-state index contributed by atoms with van der Waals surface area (Å²) in [5.41, 5.74) is 0. The van der Waals surface area contributed by atoms with Crippen LogP contribution in [0.4, 0.5) is 0 Å². The third-order valence-corrected chi connectivity index (χ3v) is 1.99. The second kappa shape index (κ2) is 4.37. The Balaban J connectivity index is 2.04. The number of hydrogen-bond acceptors (Lipinski definition) is 2. The van der Waals surface area contributed by atoms with E-state index in [0.717, 1.165) is 6.42 Å². The summed E-state index contributed by atoms with van der Waals surface area (Å²) in [5, 5.41) is 0. The lowest BCUT2D eigenvalue weighted by atomic mass is 10.0. The van der Waals surface area contributed by atoms with Gasteiger partial charge in [-0.15, -0.1) is 0 Å². The number of carbonyl (C=O) groups is 1. The summed E-state index contributed by atoms with van der Waals surface area (Å²) in [7, 11) is 0. The maximum Gasteiger partial charge on any atom is 0.310 e. The number of carbonyl (C=O) groups excluding carboxylic acids is 1. The van der Waals surface area contributed by atoms with Crippen LogP contribution in [-0.2, 0) is 9.53 Å². The Labute approximate surface area is 67.9 Å². The van der Waals surface area contributed by atoms with E-state index in [-0.39, 0.29) is 5.97 Å². The molecule has 0 spiro atoms. The first-order chi connectivity index (χ1) is 5.33. The quantitative estimate of drug-likeness (QED) is 0.458. The van der Waals surface area contributed by atoms with E-state index >= 15 is 0 Å². The van der Waals surface area contributed by atoms with Gasteiger partial charge in [0.25, 0.3) is 0 Å². The summed E-state index contributed by atoms with van der Waals surface area (Å²) in [5.74, 6) is 0.264. The van der Waals surface area contributed by atoms with Crippen molar-refractivity contribution in [3.63, 3.8) is 0 Å². The molecule has 11 heavy (non-hydrogen) atoms. The first kappa shape index (κ1) is 8.57. The van der Waals surface area contributed by atoms with Gasteiger partial charge in [0.2, 0.25) is 0 Å². The van der Waals surface area contributed by atoms with E-state index in [1.165, 1.54) is 19.3 Å². The molecule has 1 aliphatic heterocycles. The molecule has 0 bridgehead atoms. The van der Waals surface area contributed by atoms with Crippen molar-refractivity contribution in [3.05, 3.63) is 6.42 Å². The molecule has 1 fully saturated rings. The van der Waals surface area contributed by atoms with Crippen molar-refractivity contribution in [1.29, 1.82) is 0 Å². The molecule has 0 aromatic heterocycles. The average molecular weight is 155 g/mol. The van der Waals surface area contributed by atoms with Crippen LogP contribution in [0.1, 0.15) is 32.6 Å². The number of esters is 1. The minimum absolute atomic E-state index is 0.133. The first-order valence-electron chi connectivity index (χ1n) is 4.34. The van der Waals surface area contributed by atoms with E-state index in [1.807, 2.05) is 0 Å². The summed E-state index contributed by atoms with van der Waals surface area (Å²) in [6.07, 6.45) is 6.53. The Morgan fingerprint density at radius 2 is 2.45 bits per heavy atom. The molecule has 0 saturated carbocycles. The fourth-order valence-corrected chi connectivity index (χ4v) is 1.30. The third-order valence-electron chi connectivity index (χ3n) is 1.99. The molecule has 1 aliphatic rings. The maximum absolute atomic E-state index is 10.6. The molecule has 0 N–H and O–H groups in total. The zero-order chi connectivity index (χ0) is 8.10. The molecule has 0 aromatic carbocycles. The predicted octanol–water partition coefficient (Wildman–Crippen LogP) is 1.94. The van der Waals surface area contributed by atoms with Gasteiger partial charge < -0.3 is 4.74 Å². The normalized spacial score (nSPS) is 23.7. The van der Waals surface area contributed by atoms with Crippen molar-refractivity contribution in [3.8, 4) is 0 Å². The number of rotatable bonds is 4. The Morgan fingerprint density at radius 3 is 3.00 bits per heavy atom. The Bertz CT molecular complexity index is 132. The van der Waals surface area contributed by atoms with Gasteiger partial charge in [0.1, 0.15) is 0 Å². The minimum atomic E-state index is -0.133. The number of cyclic esters (lactones) is 1. The SMILES string of the molecule is CCCCCC1[CH]C(=O)OC1. The third kappa shape index (κ3) is 2.91. The molecule has 1 atom stereocenters. The van der Waals surface area contributed by atoms with Crippen LogP contribution >= 0.6 is 0 Å². The Hall–Kier alpha value is -0.530. The summed E-state index contributed by atoms with van der Waals surface area (Å²) >= 11 is 0. The number of ether oxygens (including phenoxy) is 1. The molecule has 2 heteroatoms. The smallest absolute Gasteiger partial charge is 0.310 e. The molecular formula is C9H15O2. The van der Waals surface area contributed by atoms with Crippen LogP contribution in [0, 0.1) is 12.3 Å². The molecule has 1 unspecified atom stereocenters. The van der Waals surface area contributed by atoms with Crippen LogP contribution in [0.3, 0.4) is 0 Å². The fourth-order valence-electron chi connectivity index (χ4n) is 1.30. The van der Waals surface area contributed by atoms with Crippen LogP contribution in [0.15, 0.2) is 0 Å². The summed E-state index contributed by atoms with van der Waals surface area (Å²) in [4.78, 5) is 10.6. The molecular weight excluding hydrogens is 140 g/mol. The number of hydrogen-bond donors (Lipinski definition) is 0. The Morgan fingerprint density at radius 1 is 1.64 bits per heavy atom. The second-order valence-corrected chi connectivity index (χ2v) is 3.05. The van der Waals surface area contributed by atoms with Crippen LogP contribution < -0.4 is 0 Å². The molecule has 1 rings (SSSR count). The van der Waals surface area contributed by atoms with Gasteiger partial charge in [-0.3, -0.25) is 4.79 Å². The van der Waals surface area contributed by atoms with Crippen LogP contribution in [0.5, 0.6) is 0 Å². The second-order valence-electron chi connectivity index (χ2n) is 3.05. The van der Waals surface area contributed by atoms with Gasteiger partial charge >= 0.3 is 5.97 Å². The predicted molar refractivity (Wildman–Crippen MR) is 42.9 cm³/mol. The standard InChI is InChI=1S/C9H15O2/c1-2-3-4-5-8-6-9(10)11-7-8/h6,8H,2-5,7H2,1H3. The molecule has 0 aliphatic carbocycles. The highest BCUT2D eigenvalue weighted by molar-refractivity contribution is 5.81. The van der Waals surface area contributed by atoms with Crippen molar-refractivity contribution in [2.45, 2.75) is 32.6 Å². The average Bonchev–Trinajstić information content (AvgIpc) is 2.37. The lowest BCUT2D eigenvalue weighted by Crippen LogP contribution is -1.99. The van der Waals surface area contributed by atoms with Gasteiger partial charge in [-0.05, 0) is 6.42 Å². The molecule has 2 nitrogen and oxygen atoms in total. The number of unbranched alkanes of at least 4 members (excludes halogenated alkanes) is 2. The van der Waals surface area contributed by atoms with E-state index in [1.54, 1.807) is 6.42 Å². The highest BCUT2D eigenvalue weighted by Crippen LogP contribution is 2.19. The van der Waals surface area contributed by atoms with Gasteiger partial charge in [-0.1, -0.05) is 26.2 Å². The lowest BCUT2D eigenvalue weighted by molar-refractivity contribution is -0.135. The highest BCUT2D eigenvalue weighted by atomic mass is 16.5. The summed E-state index contributed by atoms with van der Waals surface area (Å²) in [6.45, 7) is 2.79. The molecule has 0 amide bonds. The maximum atomic E-state index is 10.6. The molecule has 1 saturated heterocycles. The van der Waals surface area contributed by atoms with Crippen molar-refractivity contribution >= 4 is 5.97 Å². The van der Waals surface area contributed by atoms with Crippen LogP contribution in [0.25, 0.3) is 0 Å². The van der Waals surface area contributed by atoms with Gasteiger partial charge in [0, 0.05) is 5.92 Å². The van der Waals surface area contributed by atoms with Gasteiger partial charge in [-0.25, -0.2) is 0 Å². The summed E-state index contributed by atoms with van der Waals surface area (Å²) < 4.78 is 4.80. The van der Waals surface area contributed by atoms with E-state index in [9.17, 15) is 4.79 Å². The van der Waals surface area contributed by atoms with E-state index in [2.05, 4.69) is 6.92 Å². The van der Waals surface area contributed by atoms with Gasteiger partial charge in [0.15, 0.2) is 0 Å². The largest absolute Gasteiger partial charge is 0.465 e. The lowest BCUT2D eigenvalue weighted by Gasteiger charge is -2.02. The van der Waals surface area contributed by atoms with Crippen molar-refractivity contribution in [2.75, 3.05) is 6.61 Å². The van der Waals surface area contributed by atoms with E-state index in [4.69, 9.17) is 4.74 Å². The van der Waals surface area contributed by atoms with E-state index < -0.39 is 0 Å². The van der Waals surface area contributed by atoms with Crippen LogP contribution in [0.2, 0.25) is 0 Å². The van der Waals surface area contributed by atoms with Crippen LogP contribution in [-0.4, -0.2) is 12.6 Å². The van der Waals surface area contributed by atoms with Crippen molar-refractivity contribution in [1.82, 2.24) is 0 Å². The van der Waals surface area contributed by atoms with Crippen molar-refractivity contribution in [2.24, 2.45) is 5.92 Å². The summed E-state index contributed by atoms with van der Waals surface area (Å²) in [6, 6.07) is 0. The van der Waals surface area contributed by atoms with Gasteiger partial charge in [-0.2, -0.15) is 0 Å². The molecule has 1 radical (unpaired) electrons. The topological polar surface area (TPSA) is 26.3 Å². The van der Waals surface area contributed by atoms with Gasteiger partial charge in [0.05, 0.1) is 13.0 Å².